The van der Waals surface area contributed by atoms with E-state index in [1.165, 1.54) is 12.1 Å². The van der Waals surface area contributed by atoms with Crippen LogP contribution in [-0.4, -0.2) is 35.9 Å². The van der Waals surface area contributed by atoms with Crippen LogP contribution in [0.3, 0.4) is 0 Å². The summed E-state index contributed by atoms with van der Waals surface area (Å²) >= 11 is 0. The van der Waals surface area contributed by atoms with E-state index in [0.717, 1.165) is 17.1 Å². The van der Waals surface area contributed by atoms with Crippen molar-refractivity contribution in [1.29, 1.82) is 0 Å². The summed E-state index contributed by atoms with van der Waals surface area (Å²) in [5.74, 6) is 1.89. The fourth-order valence-corrected chi connectivity index (χ4v) is 2.61. The zero-order valence-electron chi connectivity index (χ0n) is 15.2. The summed E-state index contributed by atoms with van der Waals surface area (Å²) in [4.78, 5) is 2.08. The van der Waals surface area contributed by atoms with Crippen LogP contribution < -0.4 is 0 Å². The Kier molecular flexibility index (Phi) is 7.62. The first-order valence-corrected chi connectivity index (χ1v) is 8.70. The molecule has 138 valence electrons. The van der Waals surface area contributed by atoms with Gasteiger partial charge in [-0.2, -0.15) is 0 Å². The monoisotopic (exact) mass is 349 g/mol. The second kappa shape index (κ2) is 9.70. The van der Waals surface area contributed by atoms with Gasteiger partial charge in [0.25, 0.3) is 0 Å². The molecular formula is C20H28FNO3. The van der Waals surface area contributed by atoms with Crippen LogP contribution >= 0.6 is 0 Å². The van der Waals surface area contributed by atoms with Crippen LogP contribution in [0.4, 0.5) is 4.39 Å². The first-order valence-electron chi connectivity index (χ1n) is 8.70. The van der Waals surface area contributed by atoms with Gasteiger partial charge in [-0.05, 0) is 42.7 Å². The molecule has 5 heteroatoms. The van der Waals surface area contributed by atoms with Gasteiger partial charge in [0.1, 0.15) is 17.3 Å². The summed E-state index contributed by atoms with van der Waals surface area (Å²) in [7, 11) is 0. The number of hydrogen-bond acceptors (Lipinski definition) is 4. The second-order valence-corrected chi connectivity index (χ2v) is 6.89. The van der Waals surface area contributed by atoms with Gasteiger partial charge in [0.2, 0.25) is 0 Å². The lowest BCUT2D eigenvalue weighted by atomic mass is 10.2. The number of hydrogen-bond donors (Lipinski definition) is 1. The van der Waals surface area contributed by atoms with Crippen molar-refractivity contribution in [2.24, 2.45) is 5.92 Å². The molecule has 0 aliphatic carbocycles. The van der Waals surface area contributed by atoms with Gasteiger partial charge in [0.05, 0.1) is 19.3 Å². The van der Waals surface area contributed by atoms with E-state index >= 15 is 0 Å². The molecule has 0 saturated carbocycles. The van der Waals surface area contributed by atoms with Crippen molar-refractivity contribution in [3.63, 3.8) is 0 Å². The zero-order chi connectivity index (χ0) is 18.2. The normalized spacial score (nSPS) is 12.9. The molecule has 2 rings (SSSR count). The molecule has 0 radical (unpaired) electrons. The van der Waals surface area contributed by atoms with E-state index in [0.29, 0.717) is 38.8 Å². The van der Waals surface area contributed by atoms with E-state index in [1.54, 1.807) is 12.1 Å². The van der Waals surface area contributed by atoms with Gasteiger partial charge in [-0.3, -0.25) is 4.90 Å². The summed E-state index contributed by atoms with van der Waals surface area (Å²) in [6.07, 6.45) is -0.588. The van der Waals surface area contributed by atoms with Gasteiger partial charge in [-0.15, -0.1) is 0 Å². The summed E-state index contributed by atoms with van der Waals surface area (Å²) in [5.41, 5.74) is 0.986. The number of benzene rings is 1. The minimum absolute atomic E-state index is 0.251. The van der Waals surface area contributed by atoms with E-state index in [4.69, 9.17) is 9.15 Å². The van der Waals surface area contributed by atoms with Gasteiger partial charge in [0.15, 0.2) is 0 Å². The van der Waals surface area contributed by atoms with Gasteiger partial charge in [0, 0.05) is 19.7 Å². The van der Waals surface area contributed by atoms with Gasteiger partial charge >= 0.3 is 0 Å². The number of aryl methyl sites for hydroxylation is 1. The standard InChI is InChI=1S/C20H28FNO3/c1-15(2)13-24-14-19(23)11-22(12-20-9-4-16(3)25-20)10-17-5-7-18(21)8-6-17/h4-9,15,19,23H,10-14H2,1-3H3/t19-/m0/s1. The maximum absolute atomic E-state index is 13.1. The third kappa shape index (κ3) is 7.38. The summed E-state index contributed by atoms with van der Waals surface area (Å²) < 4.78 is 24.3. The molecule has 0 aliphatic heterocycles. The molecule has 0 unspecified atom stereocenters. The topological polar surface area (TPSA) is 45.8 Å². The molecule has 2 aromatic rings. The van der Waals surface area contributed by atoms with E-state index in [-0.39, 0.29) is 5.82 Å². The fourth-order valence-electron chi connectivity index (χ4n) is 2.61. The lowest BCUT2D eigenvalue weighted by Crippen LogP contribution is -2.34. The van der Waals surface area contributed by atoms with Crippen molar-refractivity contribution < 1.29 is 18.7 Å². The lowest BCUT2D eigenvalue weighted by molar-refractivity contribution is 0.00457. The minimum Gasteiger partial charge on any atom is -0.465 e. The summed E-state index contributed by atoms with van der Waals surface area (Å²) in [5, 5.41) is 10.3. The molecule has 1 heterocycles. The Balaban J connectivity index is 1.96. The average Bonchev–Trinajstić information content (AvgIpc) is 2.94. The largest absolute Gasteiger partial charge is 0.465 e. The van der Waals surface area contributed by atoms with Crippen LogP contribution in [0.15, 0.2) is 40.8 Å². The molecule has 25 heavy (non-hydrogen) atoms. The Morgan fingerprint density at radius 1 is 1.08 bits per heavy atom. The highest BCUT2D eigenvalue weighted by Crippen LogP contribution is 2.14. The van der Waals surface area contributed by atoms with Crippen molar-refractivity contribution in [1.82, 2.24) is 4.90 Å². The van der Waals surface area contributed by atoms with E-state index in [2.05, 4.69) is 18.7 Å². The molecule has 0 amide bonds. The van der Waals surface area contributed by atoms with Crippen molar-refractivity contribution in [2.75, 3.05) is 19.8 Å². The fraction of sp³-hybridized carbons (Fsp3) is 0.500. The third-order valence-corrected chi connectivity index (χ3v) is 3.73. The Labute approximate surface area is 149 Å². The van der Waals surface area contributed by atoms with Crippen LogP contribution in [0.25, 0.3) is 0 Å². The lowest BCUT2D eigenvalue weighted by Gasteiger charge is -2.24. The molecule has 0 aliphatic rings. The first-order chi connectivity index (χ1) is 11.9. The molecule has 0 spiro atoms. The average molecular weight is 349 g/mol. The molecule has 1 N–H and O–H groups in total. The highest BCUT2D eigenvalue weighted by molar-refractivity contribution is 5.16. The molecule has 4 nitrogen and oxygen atoms in total. The SMILES string of the molecule is Cc1ccc(CN(Cc2ccc(F)cc2)C[C@H](O)COCC(C)C)o1. The van der Waals surface area contributed by atoms with Crippen molar-refractivity contribution in [2.45, 2.75) is 40.0 Å². The van der Waals surface area contributed by atoms with Crippen LogP contribution in [0.2, 0.25) is 0 Å². The van der Waals surface area contributed by atoms with E-state index in [9.17, 15) is 9.50 Å². The number of ether oxygens (including phenoxy) is 1. The Morgan fingerprint density at radius 3 is 2.40 bits per heavy atom. The van der Waals surface area contributed by atoms with Gasteiger partial charge < -0.3 is 14.3 Å². The molecule has 0 fully saturated rings. The molecule has 1 atom stereocenters. The molecule has 1 aromatic carbocycles. The zero-order valence-corrected chi connectivity index (χ0v) is 15.2. The highest BCUT2D eigenvalue weighted by Gasteiger charge is 2.15. The van der Waals surface area contributed by atoms with Crippen molar-refractivity contribution in [3.05, 3.63) is 59.3 Å². The number of aliphatic hydroxyl groups excluding tert-OH is 1. The Hall–Kier alpha value is -1.69. The first kappa shape index (κ1) is 19.6. The highest BCUT2D eigenvalue weighted by atomic mass is 19.1. The molecule has 1 aromatic heterocycles. The van der Waals surface area contributed by atoms with Crippen LogP contribution in [0.5, 0.6) is 0 Å². The minimum atomic E-state index is -0.588. The van der Waals surface area contributed by atoms with E-state index in [1.807, 2.05) is 19.1 Å². The van der Waals surface area contributed by atoms with E-state index < -0.39 is 6.10 Å². The number of nitrogens with zero attached hydrogens (tertiary/aromatic N) is 1. The smallest absolute Gasteiger partial charge is 0.123 e. The number of aliphatic hydroxyl groups is 1. The third-order valence-electron chi connectivity index (χ3n) is 3.73. The Bertz CT molecular complexity index is 624. The quantitative estimate of drug-likeness (QED) is 0.709. The molecule has 0 bridgehead atoms. The van der Waals surface area contributed by atoms with Crippen LogP contribution in [0, 0.1) is 18.7 Å². The second-order valence-electron chi connectivity index (χ2n) is 6.89. The van der Waals surface area contributed by atoms with Crippen molar-refractivity contribution >= 4 is 0 Å². The summed E-state index contributed by atoms with van der Waals surface area (Å²) in [6, 6.07) is 10.3. The number of halogens is 1. The maximum atomic E-state index is 13.1. The number of furan rings is 1. The molecule has 0 saturated heterocycles. The van der Waals surface area contributed by atoms with Crippen molar-refractivity contribution in [3.8, 4) is 0 Å². The Morgan fingerprint density at radius 2 is 1.80 bits per heavy atom. The predicted molar refractivity (Wildman–Crippen MR) is 95.6 cm³/mol. The number of rotatable bonds is 10. The van der Waals surface area contributed by atoms with Gasteiger partial charge in [-0.1, -0.05) is 26.0 Å². The summed E-state index contributed by atoms with van der Waals surface area (Å²) in [6.45, 7) is 8.62. The molecular weight excluding hydrogens is 321 g/mol. The van der Waals surface area contributed by atoms with Crippen LogP contribution in [0.1, 0.15) is 30.9 Å². The maximum Gasteiger partial charge on any atom is 0.123 e. The predicted octanol–water partition coefficient (Wildman–Crippen LogP) is 3.76. The van der Waals surface area contributed by atoms with Gasteiger partial charge in [-0.25, -0.2) is 4.39 Å². The van der Waals surface area contributed by atoms with Crippen LogP contribution in [-0.2, 0) is 17.8 Å².